The van der Waals surface area contributed by atoms with E-state index in [0.29, 0.717) is 12.3 Å². The number of Topliss-reactive ketones (excluding diaryl/α,β-unsaturated/α-hetero) is 1. The molecular formula is C14H14F3N3O2S. The Morgan fingerprint density at radius 3 is 2.74 bits per heavy atom. The van der Waals surface area contributed by atoms with Gasteiger partial charge in [0.2, 0.25) is 5.91 Å². The number of alkyl halides is 3. The summed E-state index contributed by atoms with van der Waals surface area (Å²) in [5, 5.41) is 0. The monoisotopic (exact) mass is 348 g/mol. The van der Waals surface area contributed by atoms with Crippen molar-refractivity contribution in [3.05, 3.63) is 23.4 Å². The maximum Gasteiger partial charge on any atom is 0.417 e. The molecule has 1 aliphatic carbocycles. The third-order valence-electron chi connectivity index (χ3n) is 3.79. The summed E-state index contributed by atoms with van der Waals surface area (Å²) in [5.41, 5.74) is 7.09. The summed E-state index contributed by atoms with van der Waals surface area (Å²) < 4.78 is 61.7. The Labute approximate surface area is 139 Å². The number of hydrogen-bond donors (Lipinski definition) is 2. The standard InChI is InChI=1S/C14H14F3N3O2S/c1-6-8(18)2-9(23)10(11(6)21)13(12(19)22)3-7(4-20-5-13)14(15,16)17/h2-4,6,10H,5,18H2,1H3,(H2,19,22)/i1D3. The fourth-order valence-corrected chi connectivity index (χ4v) is 3.05. The molecule has 1 aliphatic heterocycles. The van der Waals surface area contributed by atoms with Crippen molar-refractivity contribution in [3.63, 3.8) is 0 Å². The van der Waals surface area contributed by atoms with Crippen LogP contribution in [0, 0.1) is 17.3 Å². The van der Waals surface area contributed by atoms with Crippen molar-refractivity contribution in [1.29, 1.82) is 0 Å². The number of nitrogens with two attached hydrogens (primary N) is 2. The van der Waals surface area contributed by atoms with Crippen LogP contribution < -0.4 is 11.5 Å². The highest BCUT2D eigenvalue weighted by Gasteiger charge is 2.53. The molecule has 23 heavy (non-hydrogen) atoms. The van der Waals surface area contributed by atoms with Gasteiger partial charge in [-0.25, -0.2) is 0 Å². The van der Waals surface area contributed by atoms with Crippen LogP contribution >= 0.6 is 12.2 Å². The molecule has 0 aromatic carbocycles. The number of carbonyl (C=O) groups excluding carboxylic acids is 2. The average Bonchev–Trinajstić information content (AvgIpc) is 2.44. The number of nitrogens with zero attached hydrogens (tertiary/aromatic N) is 1. The average molecular weight is 348 g/mol. The molecule has 4 N–H and O–H groups in total. The van der Waals surface area contributed by atoms with Crippen molar-refractivity contribution in [1.82, 2.24) is 0 Å². The first kappa shape index (κ1) is 13.4. The third kappa shape index (κ3) is 2.80. The third-order valence-corrected chi connectivity index (χ3v) is 4.15. The van der Waals surface area contributed by atoms with Crippen LogP contribution in [0.5, 0.6) is 0 Å². The lowest BCUT2D eigenvalue weighted by atomic mass is 9.65. The summed E-state index contributed by atoms with van der Waals surface area (Å²) in [6.45, 7) is -3.43. The quantitative estimate of drug-likeness (QED) is 0.730. The second-order valence-corrected chi connectivity index (χ2v) is 5.76. The highest BCUT2D eigenvalue weighted by molar-refractivity contribution is 7.80. The Morgan fingerprint density at radius 2 is 2.22 bits per heavy atom. The Morgan fingerprint density at radius 1 is 1.57 bits per heavy atom. The van der Waals surface area contributed by atoms with Gasteiger partial charge in [-0.1, -0.05) is 18.3 Å². The van der Waals surface area contributed by atoms with E-state index in [4.69, 9.17) is 27.8 Å². The second-order valence-electron chi connectivity index (χ2n) is 5.29. The lowest BCUT2D eigenvalue weighted by Crippen LogP contribution is -2.54. The molecule has 0 bridgehead atoms. The van der Waals surface area contributed by atoms with Gasteiger partial charge in [-0.15, -0.1) is 0 Å². The van der Waals surface area contributed by atoms with Gasteiger partial charge in [-0.2, -0.15) is 13.2 Å². The summed E-state index contributed by atoms with van der Waals surface area (Å²) in [4.78, 5) is 28.2. The Kier molecular flexibility index (Phi) is 3.24. The molecule has 124 valence electrons. The topological polar surface area (TPSA) is 98.5 Å². The van der Waals surface area contributed by atoms with Crippen LogP contribution in [0.3, 0.4) is 0 Å². The van der Waals surface area contributed by atoms with Gasteiger partial charge in [-0.05, 0) is 12.9 Å². The lowest BCUT2D eigenvalue weighted by Gasteiger charge is -2.39. The first-order valence-electron chi connectivity index (χ1n) is 7.86. The normalized spacial score (nSPS) is 34.1. The molecule has 0 spiro atoms. The van der Waals surface area contributed by atoms with Gasteiger partial charge in [0.15, 0.2) is 5.78 Å². The molecule has 5 nitrogen and oxygen atoms in total. The van der Waals surface area contributed by atoms with E-state index < -0.39 is 54.1 Å². The van der Waals surface area contributed by atoms with Crippen molar-refractivity contribution in [2.75, 3.05) is 6.54 Å². The van der Waals surface area contributed by atoms with Crippen LogP contribution in [0.15, 0.2) is 28.4 Å². The van der Waals surface area contributed by atoms with Gasteiger partial charge < -0.3 is 11.5 Å². The number of hydrogen-bond acceptors (Lipinski definition) is 5. The molecule has 2 rings (SSSR count). The molecule has 0 radical (unpaired) electrons. The molecule has 1 amide bonds. The van der Waals surface area contributed by atoms with E-state index in [0.717, 1.165) is 6.08 Å². The summed E-state index contributed by atoms with van der Waals surface area (Å²) in [6.07, 6.45) is -2.81. The molecular weight excluding hydrogens is 331 g/mol. The van der Waals surface area contributed by atoms with Crippen LogP contribution in [0.2, 0.25) is 0 Å². The fourth-order valence-electron chi connectivity index (χ4n) is 2.59. The van der Waals surface area contributed by atoms with Crippen LogP contribution in [-0.2, 0) is 9.59 Å². The zero-order valence-electron chi connectivity index (χ0n) is 14.6. The number of amides is 1. The number of halogens is 3. The summed E-state index contributed by atoms with van der Waals surface area (Å²) in [6, 6.07) is 0. The zero-order chi connectivity index (χ0) is 20.1. The summed E-state index contributed by atoms with van der Waals surface area (Å²) >= 11 is 5.03. The number of rotatable bonds is 2. The largest absolute Gasteiger partial charge is 0.417 e. The van der Waals surface area contributed by atoms with Crippen LogP contribution in [0.1, 0.15) is 11.0 Å². The fraction of sp³-hybridized carbons (Fsp3) is 0.429. The first-order chi connectivity index (χ1) is 11.7. The smallest absolute Gasteiger partial charge is 0.401 e. The van der Waals surface area contributed by atoms with Crippen molar-refractivity contribution in [2.24, 2.45) is 33.7 Å². The summed E-state index contributed by atoms with van der Waals surface area (Å²) in [7, 11) is 0. The predicted octanol–water partition coefficient (Wildman–Crippen LogP) is 1.08. The van der Waals surface area contributed by atoms with Gasteiger partial charge in [0, 0.05) is 20.9 Å². The molecule has 3 atom stereocenters. The second kappa shape index (κ2) is 5.55. The molecule has 0 fully saturated rings. The van der Waals surface area contributed by atoms with E-state index in [-0.39, 0.29) is 10.6 Å². The molecule has 0 saturated heterocycles. The number of aliphatic imine (C=N–C) groups is 1. The summed E-state index contributed by atoms with van der Waals surface area (Å²) in [5.74, 6) is -5.84. The molecule has 0 saturated carbocycles. The lowest BCUT2D eigenvalue weighted by molar-refractivity contribution is -0.134. The molecule has 9 heteroatoms. The Balaban J connectivity index is 2.67. The van der Waals surface area contributed by atoms with E-state index in [1.165, 1.54) is 0 Å². The van der Waals surface area contributed by atoms with Gasteiger partial charge in [-0.3, -0.25) is 14.6 Å². The predicted molar refractivity (Wildman–Crippen MR) is 81.7 cm³/mol. The number of carbonyl (C=O) groups is 2. The van der Waals surface area contributed by atoms with Gasteiger partial charge in [0.1, 0.15) is 5.41 Å². The molecule has 0 aromatic rings. The number of thiocarbonyl (C=S) groups is 1. The number of dihydropyridines is 1. The minimum absolute atomic E-state index is 0.262. The highest BCUT2D eigenvalue weighted by Crippen LogP contribution is 2.42. The van der Waals surface area contributed by atoms with E-state index >= 15 is 0 Å². The molecule has 0 aromatic heterocycles. The van der Waals surface area contributed by atoms with Crippen molar-refractivity contribution in [2.45, 2.75) is 13.0 Å². The number of primary amides is 1. The van der Waals surface area contributed by atoms with Crippen LogP contribution in [0.4, 0.5) is 13.2 Å². The zero-order valence-corrected chi connectivity index (χ0v) is 12.4. The SMILES string of the molecule is [2H]C([2H])([2H])C1C(=O)C(C2(C(N)=O)C=C(C(F)(F)F)C=NC2)C(=S)C=C1N. The van der Waals surface area contributed by atoms with Gasteiger partial charge in [0.25, 0.3) is 0 Å². The number of allylic oxidation sites excluding steroid dienone is 3. The first-order valence-corrected chi connectivity index (χ1v) is 6.77. The Bertz CT molecular complexity index is 774. The van der Waals surface area contributed by atoms with Crippen LogP contribution in [0.25, 0.3) is 0 Å². The van der Waals surface area contributed by atoms with Gasteiger partial charge in [0.05, 0.1) is 24.0 Å². The van der Waals surface area contributed by atoms with E-state index in [1.807, 2.05) is 0 Å². The minimum atomic E-state index is -4.84. The minimum Gasteiger partial charge on any atom is -0.401 e. The molecule has 1 heterocycles. The van der Waals surface area contributed by atoms with E-state index in [1.54, 1.807) is 0 Å². The maximum atomic E-state index is 13.1. The van der Waals surface area contributed by atoms with Crippen LogP contribution in [-0.4, -0.2) is 35.5 Å². The highest BCUT2D eigenvalue weighted by atomic mass is 32.1. The van der Waals surface area contributed by atoms with Crippen molar-refractivity contribution in [3.8, 4) is 0 Å². The molecule has 2 aliphatic rings. The Hall–Kier alpha value is -2.03. The molecule has 3 unspecified atom stereocenters. The van der Waals surface area contributed by atoms with Crippen molar-refractivity contribution < 1.29 is 26.9 Å². The van der Waals surface area contributed by atoms with Crippen molar-refractivity contribution >= 4 is 35.0 Å². The number of ketones is 1. The van der Waals surface area contributed by atoms with Gasteiger partial charge >= 0.3 is 6.18 Å². The van der Waals surface area contributed by atoms with E-state index in [2.05, 4.69) is 4.99 Å². The van der Waals surface area contributed by atoms with E-state index in [9.17, 15) is 22.8 Å². The maximum absolute atomic E-state index is 13.1.